The van der Waals surface area contributed by atoms with Crippen molar-refractivity contribution in [2.75, 3.05) is 6.54 Å². The Hall–Kier alpha value is -4.59. The molecule has 2 aromatic carbocycles. The molecule has 0 aliphatic carbocycles. The SMILES string of the molecule is CC(=O)c1c(-n2c(O)c(-c3ccc(CN)cc3)[nH]c2=O)ccc(OC(=O)CN)c1C(=O)[C@@H](N)CC(=O)O. The van der Waals surface area contributed by atoms with E-state index in [0.29, 0.717) is 5.56 Å². The van der Waals surface area contributed by atoms with Crippen LogP contribution in [0.5, 0.6) is 11.6 Å². The standard InChI is InChI=1S/C24H25N5O8/c1-11(30)19-15(29-23(35)21(28-24(29)36)13-4-2-12(9-25)3-5-13)6-7-16(37-18(33)10-26)20(19)22(34)14(27)8-17(31)32/h2-7,14,35H,8-10,25-27H2,1H3,(H,28,36)(H,31,32)/t14-/m0/s1. The third-order valence-electron chi connectivity index (χ3n) is 5.45. The molecular formula is C24H25N5O8. The maximum Gasteiger partial charge on any atom is 0.333 e. The lowest BCUT2D eigenvalue weighted by atomic mass is 9.93. The summed E-state index contributed by atoms with van der Waals surface area (Å²) in [4.78, 5) is 64.5. The van der Waals surface area contributed by atoms with Crippen LogP contribution >= 0.6 is 0 Å². The van der Waals surface area contributed by atoms with E-state index in [9.17, 15) is 29.1 Å². The van der Waals surface area contributed by atoms with Crippen LogP contribution in [0.2, 0.25) is 0 Å². The lowest BCUT2D eigenvalue weighted by Crippen LogP contribution is -2.35. The molecule has 0 unspecified atom stereocenters. The summed E-state index contributed by atoms with van der Waals surface area (Å²) < 4.78 is 5.86. The minimum atomic E-state index is -1.62. The highest BCUT2D eigenvalue weighted by Crippen LogP contribution is 2.34. The van der Waals surface area contributed by atoms with Crippen molar-refractivity contribution in [3.63, 3.8) is 0 Å². The van der Waals surface area contributed by atoms with Gasteiger partial charge in [0.15, 0.2) is 11.6 Å². The molecule has 0 aliphatic heterocycles. The van der Waals surface area contributed by atoms with Crippen molar-refractivity contribution in [1.82, 2.24) is 9.55 Å². The Labute approximate surface area is 209 Å². The maximum absolute atomic E-state index is 13.2. The topological polar surface area (TPSA) is 234 Å². The highest BCUT2D eigenvalue weighted by molar-refractivity contribution is 6.14. The molecule has 1 heterocycles. The van der Waals surface area contributed by atoms with Crippen LogP contribution < -0.4 is 27.6 Å². The Morgan fingerprint density at radius 3 is 2.24 bits per heavy atom. The van der Waals surface area contributed by atoms with E-state index in [-0.39, 0.29) is 17.9 Å². The monoisotopic (exact) mass is 511 g/mol. The maximum atomic E-state index is 13.2. The molecule has 0 fully saturated rings. The zero-order valence-electron chi connectivity index (χ0n) is 19.7. The van der Waals surface area contributed by atoms with Crippen molar-refractivity contribution in [2.45, 2.75) is 25.9 Å². The molecule has 0 saturated heterocycles. The summed E-state index contributed by atoms with van der Waals surface area (Å²) in [6, 6.07) is 7.33. The van der Waals surface area contributed by atoms with Gasteiger partial charge in [-0.15, -0.1) is 0 Å². The number of hydrogen-bond donors (Lipinski definition) is 6. The molecule has 13 heteroatoms. The number of nitrogens with two attached hydrogens (primary N) is 3. The van der Waals surface area contributed by atoms with Gasteiger partial charge >= 0.3 is 17.6 Å². The van der Waals surface area contributed by atoms with E-state index >= 15 is 0 Å². The highest BCUT2D eigenvalue weighted by atomic mass is 16.5. The molecule has 3 aromatic rings. The third kappa shape index (κ3) is 5.48. The number of ether oxygens (including phenoxy) is 1. The number of carboxylic acids is 1. The van der Waals surface area contributed by atoms with E-state index in [2.05, 4.69) is 4.98 Å². The molecule has 13 nitrogen and oxygen atoms in total. The predicted octanol–water partition coefficient (Wildman–Crippen LogP) is 0.0483. The smallest absolute Gasteiger partial charge is 0.333 e. The molecule has 0 bridgehead atoms. The Kier molecular flexibility index (Phi) is 8.02. The zero-order valence-corrected chi connectivity index (χ0v) is 19.7. The Bertz CT molecular complexity index is 1440. The van der Waals surface area contributed by atoms with Crippen LogP contribution in [0.15, 0.2) is 41.2 Å². The number of benzene rings is 2. The van der Waals surface area contributed by atoms with Gasteiger partial charge in [-0.2, -0.15) is 0 Å². The first-order chi connectivity index (χ1) is 17.5. The minimum Gasteiger partial charge on any atom is -0.493 e. The number of rotatable bonds is 10. The number of imidazole rings is 1. The van der Waals surface area contributed by atoms with E-state index in [1.54, 1.807) is 24.3 Å². The van der Waals surface area contributed by atoms with Crippen molar-refractivity contribution in [1.29, 1.82) is 0 Å². The van der Waals surface area contributed by atoms with Crippen molar-refractivity contribution >= 4 is 23.5 Å². The van der Waals surface area contributed by atoms with Gasteiger partial charge in [0, 0.05) is 12.1 Å². The Morgan fingerprint density at radius 2 is 1.70 bits per heavy atom. The second-order valence-electron chi connectivity index (χ2n) is 8.00. The normalized spacial score (nSPS) is 11.7. The van der Waals surface area contributed by atoms with E-state index in [4.69, 9.17) is 27.0 Å². The fourth-order valence-corrected chi connectivity index (χ4v) is 3.73. The van der Waals surface area contributed by atoms with Gasteiger partial charge in [-0.05, 0) is 24.6 Å². The van der Waals surface area contributed by atoms with Gasteiger partial charge in [-0.25, -0.2) is 9.36 Å². The van der Waals surface area contributed by atoms with Gasteiger partial charge in [0.25, 0.3) is 0 Å². The number of nitrogens with one attached hydrogen (secondary N) is 1. The fraction of sp³-hybridized carbons (Fsp3) is 0.208. The van der Waals surface area contributed by atoms with Crippen LogP contribution in [0, 0.1) is 0 Å². The first-order valence-corrected chi connectivity index (χ1v) is 10.9. The average Bonchev–Trinajstić information content (AvgIpc) is 3.16. The van der Waals surface area contributed by atoms with Crippen LogP contribution in [0.4, 0.5) is 0 Å². The molecule has 0 saturated carbocycles. The number of nitrogens with zero attached hydrogens (tertiary/aromatic N) is 1. The average molecular weight is 511 g/mol. The quantitative estimate of drug-likeness (QED) is 0.121. The number of carboxylic acid groups (broad SMARTS) is 1. The van der Waals surface area contributed by atoms with Crippen molar-refractivity contribution in [3.05, 3.63) is 63.6 Å². The van der Waals surface area contributed by atoms with Crippen LogP contribution in [-0.2, 0) is 16.1 Å². The number of carbonyl (C=O) groups is 4. The number of hydrogen-bond acceptors (Lipinski definition) is 10. The van der Waals surface area contributed by atoms with Crippen molar-refractivity contribution < 1.29 is 34.1 Å². The molecule has 1 aromatic heterocycles. The summed E-state index contributed by atoms with van der Waals surface area (Å²) in [5.74, 6) is -5.11. The summed E-state index contributed by atoms with van der Waals surface area (Å²) in [5, 5.41) is 20.0. The molecular weight excluding hydrogens is 486 g/mol. The van der Waals surface area contributed by atoms with Crippen molar-refractivity contribution in [2.24, 2.45) is 17.2 Å². The summed E-state index contributed by atoms with van der Waals surface area (Å²) >= 11 is 0. The fourth-order valence-electron chi connectivity index (χ4n) is 3.73. The molecule has 3 rings (SSSR count). The van der Waals surface area contributed by atoms with E-state index < -0.39 is 71.0 Å². The first-order valence-electron chi connectivity index (χ1n) is 10.9. The molecule has 0 radical (unpaired) electrons. The van der Waals surface area contributed by atoms with Gasteiger partial charge < -0.3 is 37.1 Å². The van der Waals surface area contributed by atoms with E-state index in [1.807, 2.05) is 0 Å². The molecule has 0 aliphatic rings. The lowest BCUT2D eigenvalue weighted by Gasteiger charge is -2.18. The molecule has 37 heavy (non-hydrogen) atoms. The van der Waals surface area contributed by atoms with E-state index in [0.717, 1.165) is 23.1 Å². The summed E-state index contributed by atoms with van der Waals surface area (Å²) in [5.41, 5.74) is 15.9. The largest absolute Gasteiger partial charge is 0.493 e. The molecule has 0 spiro atoms. The molecule has 1 atom stereocenters. The van der Waals surface area contributed by atoms with E-state index in [1.165, 1.54) is 6.07 Å². The second kappa shape index (κ2) is 11.0. The van der Waals surface area contributed by atoms with Crippen molar-refractivity contribution in [3.8, 4) is 28.6 Å². The van der Waals surface area contributed by atoms with Gasteiger partial charge in [0.05, 0.1) is 35.8 Å². The predicted molar refractivity (Wildman–Crippen MR) is 131 cm³/mol. The van der Waals surface area contributed by atoms with Crippen LogP contribution in [0.25, 0.3) is 16.9 Å². The molecule has 9 N–H and O–H groups in total. The minimum absolute atomic E-state index is 0.0252. The summed E-state index contributed by atoms with van der Waals surface area (Å²) in [6.07, 6.45) is -0.789. The number of esters is 1. The summed E-state index contributed by atoms with van der Waals surface area (Å²) in [6.45, 7) is 0.804. The number of carbonyl (C=O) groups excluding carboxylic acids is 3. The van der Waals surface area contributed by atoms with Crippen LogP contribution in [0.3, 0.4) is 0 Å². The van der Waals surface area contributed by atoms with Gasteiger partial charge in [-0.1, -0.05) is 24.3 Å². The van der Waals surface area contributed by atoms with Gasteiger partial charge in [-0.3, -0.25) is 19.2 Å². The molecule has 0 amide bonds. The number of ketones is 2. The number of Topliss-reactive ketones (excluding diaryl/α,β-unsaturated/α-hetero) is 2. The number of aliphatic carboxylic acids is 1. The summed E-state index contributed by atoms with van der Waals surface area (Å²) in [7, 11) is 0. The Balaban J connectivity index is 2.29. The third-order valence-corrected chi connectivity index (χ3v) is 5.45. The number of aromatic amines is 1. The highest BCUT2D eigenvalue weighted by Gasteiger charge is 2.31. The van der Waals surface area contributed by atoms with Gasteiger partial charge in [0.2, 0.25) is 5.88 Å². The van der Waals surface area contributed by atoms with Gasteiger partial charge in [0.1, 0.15) is 11.4 Å². The Morgan fingerprint density at radius 1 is 1.05 bits per heavy atom. The number of aromatic hydroxyl groups is 1. The second-order valence-corrected chi connectivity index (χ2v) is 8.00. The van der Waals surface area contributed by atoms with Crippen LogP contribution in [0.1, 0.15) is 39.6 Å². The van der Waals surface area contributed by atoms with Crippen LogP contribution in [-0.4, -0.2) is 55.9 Å². The number of aromatic nitrogens is 2. The first kappa shape index (κ1) is 27.0. The lowest BCUT2D eigenvalue weighted by molar-refractivity contribution is -0.137. The zero-order chi connectivity index (χ0) is 27.4. The number of H-pyrrole nitrogens is 1. The molecule has 194 valence electrons.